The molecule has 0 aliphatic carbocycles. The summed E-state index contributed by atoms with van der Waals surface area (Å²) in [6, 6.07) is 2.36. The predicted molar refractivity (Wildman–Crippen MR) is 75.4 cm³/mol. The first-order valence-electron chi connectivity index (χ1n) is 5.66. The van der Waals surface area contributed by atoms with Crippen LogP contribution in [-0.4, -0.2) is 16.1 Å². The standard InChI is InChI=1S/C12H16BrN3S/c1-3-4-14-12(10-6-16(2)8-15-10)11-5-9(13)7-17-11/h5-8,12,14H,3-4H2,1-2H3. The van der Waals surface area contributed by atoms with Crippen LogP contribution in [0.15, 0.2) is 28.4 Å². The van der Waals surface area contributed by atoms with E-state index < -0.39 is 0 Å². The van der Waals surface area contributed by atoms with Crippen molar-refractivity contribution < 1.29 is 0 Å². The molecule has 1 N–H and O–H groups in total. The topological polar surface area (TPSA) is 29.9 Å². The number of aromatic nitrogens is 2. The number of hydrogen-bond acceptors (Lipinski definition) is 3. The van der Waals surface area contributed by atoms with Crippen molar-refractivity contribution in [2.24, 2.45) is 7.05 Å². The summed E-state index contributed by atoms with van der Waals surface area (Å²) in [7, 11) is 2.00. The van der Waals surface area contributed by atoms with Gasteiger partial charge in [-0.3, -0.25) is 0 Å². The average Bonchev–Trinajstić information content (AvgIpc) is 2.89. The average molecular weight is 314 g/mol. The third-order valence-electron chi connectivity index (χ3n) is 2.49. The molecule has 0 amide bonds. The Balaban J connectivity index is 2.24. The van der Waals surface area contributed by atoms with E-state index in [2.05, 4.69) is 50.8 Å². The lowest BCUT2D eigenvalue weighted by atomic mass is 10.2. The minimum Gasteiger partial charge on any atom is -0.340 e. The lowest BCUT2D eigenvalue weighted by molar-refractivity contribution is 0.595. The Hall–Kier alpha value is -0.650. The van der Waals surface area contributed by atoms with Gasteiger partial charge in [0.15, 0.2) is 0 Å². The van der Waals surface area contributed by atoms with E-state index in [1.165, 1.54) is 4.88 Å². The second-order valence-electron chi connectivity index (χ2n) is 4.02. The largest absolute Gasteiger partial charge is 0.340 e. The summed E-state index contributed by atoms with van der Waals surface area (Å²) >= 11 is 5.26. The molecule has 0 aliphatic heterocycles. The van der Waals surface area contributed by atoms with Crippen molar-refractivity contribution in [1.29, 1.82) is 0 Å². The second-order valence-corrected chi connectivity index (χ2v) is 5.88. The van der Waals surface area contributed by atoms with E-state index in [1.54, 1.807) is 11.3 Å². The van der Waals surface area contributed by atoms with Gasteiger partial charge in [-0.2, -0.15) is 0 Å². The van der Waals surface area contributed by atoms with Gasteiger partial charge in [0.25, 0.3) is 0 Å². The van der Waals surface area contributed by atoms with Crippen molar-refractivity contribution in [3.63, 3.8) is 0 Å². The first-order chi connectivity index (χ1) is 8.20. The molecule has 2 heterocycles. The number of imidazole rings is 1. The number of aryl methyl sites for hydroxylation is 1. The monoisotopic (exact) mass is 313 g/mol. The van der Waals surface area contributed by atoms with Crippen molar-refractivity contribution in [1.82, 2.24) is 14.9 Å². The smallest absolute Gasteiger partial charge is 0.0947 e. The Bertz CT molecular complexity index is 437. The van der Waals surface area contributed by atoms with Crippen LogP contribution >= 0.6 is 27.3 Å². The van der Waals surface area contributed by atoms with Gasteiger partial charge in [0, 0.05) is 28.0 Å². The zero-order valence-corrected chi connectivity index (χ0v) is 12.4. The van der Waals surface area contributed by atoms with Crippen molar-refractivity contribution in [3.8, 4) is 0 Å². The van der Waals surface area contributed by atoms with Crippen LogP contribution in [-0.2, 0) is 7.05 Å². The fraction of sp³-hybridized carbons (Fsp3) is 0.417. The molecule has 0 spiro atoms. The maximum absolute atomic E-state index is 4.45. The third kappa shape index (κ3) is 3.18. The SMILES string of the molecule is CCCNC(c1cn(C)cn1)c1cc(Br)cs1. The maximum atomic E-state index is 4.45. The number of nitrogens with zero attached hydrogens (tertiary/aromatic N) is 2. The summed E-state index contributed by atoms with van der Waals surface area (Å²) in [5.74, 6) is 0. The molecule has 2 aromatic rings. The highest BCUT2D eigenvalue weighted by Crippen LogP contribution is 2.29. The first kappa shape index (κ1) is 12.8. The van der Waals surface area contributed by atoms with E-state index in [0.717, 1.165) is 23.1 Å². The molecule has 92 valence electrons. The lowest BCUT2D eigenvalue weighted by Crippen LogP contribution is -2.22. The zero-order valence-electron chi connectivity index (χ0n) is 9.98. The number of rotatable bonds is 5. The summed E-state index contributed by atoms with van der Waals surface area (Å²) in [4.78, 5) is 5.74. The molecule has 17 heavy (non-hydrogen) atoms. The number of hydrogen-bond donors (Lipinski definition) is 1. The van der Waals surface area contributed by atoms with Gasteiger partial charge in [0.1, 0.15) is 0 Å². The van der Waals surface area contributed by atoms with Crippen LogP contribution in [0.1, 0.15) is 30.0 Å². The minimum atomic E-state index is 0.201. The molecule has 0 aromatic carbocycles. The van der Waals surface area contributed by atoms with Crippen LogP contribution in [0.25, 0.3) is 0 Å². The molecular weight excluding hydrogens is 298 g/mol. The molecule has 5 heteroatoms. The van der Waals surface area contributed by atoms with Gasteiger partial charge >= 0.3 is 0 Å². The van der Waals surface area contributed by atoms with Gasteiger partial charge in [0.05, 0.1) is 18.1 Å². The molecular formula is C12H16BrN3S. The van der Waals surface area contributed by atoms with E-state index in [1.807, 2.05) is 17.9 Å². The van der Waals surface area contributed by atoms with Crippen LogP contribution in [0.2, 0.25) is 0 Å². The van der Waals surface area contributed by atoms with Crippen molar-refractivity contribution in [3.05, 3.63) is 39.0 Å². The molecule has 3 nitrogen and oxygen atoms in total. The molecule has 0 fully saturated rings. The van der Waals surface area contributed by atoms with Gasteiger partial charge in [0.2, 0.25) is 0 Å². The molecule has 0 bridgehead atoms. The Labute approximate surface area is 114 Å². The molecule has 1 unspecified atom stereocenters. The molecule has 0 saturated heterocycles. The Kier molecular flexibility index (Phi) is 4.36. The summed E-state index contributed by atoms with van der Waals surface area (Å²) in [5.41, 5.74) is 1.08. The second kappa shape index (κ2) is 5.80. The Morgan fingerprint density at radius 2 is 2.41 bits per heavy atom. The van der Waals surface area contributed by atoms with Gasteiger partial charge in [-0.1, -0.05) is 6.92 Å². The quantitative estimate of drug-likeness (QED) is 0.917. The van der Waals surface area contributed by atoms with E-state index >= 15 is 0 Å². The highest BCUT2D eigenvalue weighted by molar-refractivity contribution is 9.10. The molecule has 0 aliphatic rings. The van der Waals surface area contributed by atoms with Crippen LogP contribution in [0.3, 0.4) is 0 Å². The fourth-order valence-corrected chi connectivity index (χ4v) is 3.23. The summed E-state index contributed by atoms with van der Waals surface area (Å²) in [6.07, 6.45) is 5.04. The summed E-state index contributed by atoms with van der Waals surface area (Å²) < 4.78 is 3.12. The van der Waals surface area contributed by atoms with E-state index in [9.17, 15) is 0 Å². The Morgan fingerprint density at radius 3 is 2.94 bits per heavy atom. The van der Waals surface area contributed by atoms with Gasteiger partial charge in [-0.05, 0) is 35.0 Å². The molecule has 0 saturated carbocycles. The van der Waals surface area contributed by atoms with E-state index in [-0.39, 0.29) is 6.04 Å². The highest BCUT2D eigenvalue weighted by atomic mass is 79.9. The first-order valence-corrected chi connectivity index (χ1v) is 7.33. The fourth-order valence-electron chi connectivity index (χ4n) is 1.70. The molecule has 0 radical (unpaired) electrons. The molecule has 1 atom stereocenters. The minimum absolute atomic E-state index is 0.201. The number of thiophene rings is 1. The molecule has 2 aromatic heterocycles. The van der Waals surface area contributed by atoms with Crippen LogP contribution in [0.4, 0.5) is 0 Å². The van der Waals surface area contributed by atoms with Gasteiger partial charge < -0.3 is 9.88 Å². The lowest BCUT2D eigenvalue weighted by Gasteiger charge is -2.14. The van der Waals surface area contributed by atoms with Gasteiger partial charge in [-0.15, -0.1) is 11.3 Å². The van der Waals surface area contributed by atoms with Crippen LogP contribution in [0, 0.1) is 0 Å². The van der Waals surface area contributed by atoms with Crippen LogP contribution in [0.5, 0.6) is 0 Å². The molecule has 2 rings (SSSR count). The third-order valence-corrected chi connectivity index (χ3v) is 4.25. The van der Waals surface area contributed by atoms with Crippen molar-refractivity contribution in [2.45, 2.75) is 19.4 Å². The number of nitrogens with one attached hydrogen (secondary N) is 1. The highest BCUT2D eigenvalue weighted by Gasteiger charge is 2.17. The van der Waals surface area contributed by atoms with E-state index in [4.69, 9.17) is 0 Å². The Morgan fingerprint density at radius 1 is 1.59 bits per heavy atom. The zero-order chi connectivity index (χ0) is 12.3. The normalized spacial score (nSPS) is 12.9. The summed E-state index contributed by atoms with van der Waals surface area (Å²) in [6.45, 7) is 3.17. The number of halogens is 1. The van der Waals surface area contributed by atoms with E-state index in [0.29, 0.717) is 0 Å². The maximum Gasteiger partial charge on any atom is 0.0947 e. The van der Waals surface area contributed by atoms with Crippen molar-refractivity contribution in [2.75, 3.05) is 6.54 Å². The van der Waals surface area contributed by atoms with Crippen LogP contribution < -0.4 is 5.32 Å². The van der Waals surface area contributed by atoms with Gasteiger partial charge in [-0.25, -0.2) is 4.98 Å². The summed E-state index contributed by atoms with van der Waals surface area (Å²) in [5, 5.41) is 5.65. The predicted octanol–water partition coefficient (Wildman–Crippen LogP) is 3.33. The van der Waals surface area contributed by atoms with Crippen molar-refractivity contribution >= 4 is 27.3 Å².